The first-order valence-corrected chi connectivity index (χ1v) is 16.0. The van der Waals surface area contributed by atoms with E-state index in [1.165, 1.54) is 41.3 Å². The molecule has 0 saturated carbocycles. The molecule has 0 saturated heterocycles. The van der Waals surface area contributed by atoms with E-state index in [-0.39, 0.29) is 35.1 Å². The second kappa shape index (κ2) is 14.8. The Bertz CT molecular complexity index is 1690. The molecule has 4 rings (SSSR count). The number of sulfonamides is 1. The Morgan fingerprint density at radius 3 is 2.02 bits per heavy atom. The van der Waals surface area contributed by atoms with E-state index < -0.39 is 33.4 Å². The first-order chi connectivity index (χ1) is 21.1. The summed E-state index contributed by atoms with van der Waals surface area (Å²) in [6, 6.07) is 28.1. The monoisotopic (exact) mass is 678 g/mol. The van der Waals surface area contributed by atoms with Crippen LogP contribution < -0.4 is 9.62 Å². The Hall–Kier alpha value is -4.55. The van der Waals surface area contributed by atoms with Crippen LogP contribution in [-0.4, -0.2) is 49.2 Å². The molecule has 228 valence electrons. The van der Waals surface area contributed by atoms with Crippen LogP contribution in [0.5, 0.6) is 0 Å². The summed E-state index contributed by atoms with van der Waals surface area (Å²) < 4.78 is 29.6. The van der Waals surface area contributed by atoms with Crippen molar-refractivity contribution in [3.63, 3.8) is 0 Å². The van der Waals surface area contributed by atoms with Crippen LogP contribution in [0.3, 0.4) is 0 Å². The number of hydrogen-bond acceptors (Lipinski definition) is 6. The second-order valence-electron chi connectivity index (χ2n) is 9.85. The van der Waals surface area contributed by atoms with Crippen LogP contribution in [0.25, 0.3) is 0 Å². The lowest BCUT2D eigenvalue weighted by Gasteiger charge is -2.33. The van der Waals surface area contributed by atoms with Crippen molar-refractivity contribution in [2.75, 3.05) is 17.4 Å². The first-order valence-electron chi connectivity index (χ1n) is 13.8. The van der Waals surface area contributed by atoms with Gasteiger partial charge in [0.05, 0.1) is 15.5 Å². The zero-order chi connectivity index (χ0) is 31.7. The second-order valence-corrected chi connectivity index (χ2v) is 12.6. The number of hydrogen-bond donors (Lipinski definition) is 1. The minimum absolute atomic E-state index is 0.0280. The number of nitrogens with one attached hydrogen (secondary N) is 1. The fraction of sp³-hybridized carbons (Fsp3) is 0.188. The van der Waals surface area contributed by atoms with Gasteiger partial charge in [-0.05, 0) is 54.4 Å². The molecule has 1 atom stereocenters. The van der Waals surface area contributed by atoms with E-state index in [9.17, 15) is 28.1 Å². The van der Waals surface area contributed by atoms with Gasteiger partial charge in [0.2, 0.25) is 11.8 Å². The Morgan fingerprint density at radius 2 is 1.45 bits per heavy atom. The third kappa shape index (κ3) is 8.08. The number of benzene rings is 4. The summed E-state index contributed by atoms with van der Waals surface area (Å²) in [5.41, 5.74) is 1.39. The van der Waals surface area contributed by atoms with E-state index in [0.29, 0.717) is 6.54 Å². The van der Waals surface area contributed by atoms with Crippen LogP contribution in [0.1, 0.15) is 18.1 Å². The maximum absolute atomic E-state index is 14.3. The molecule has 0 heterocycles. The van der Waals surface area contributed by atoms with Crippen molar-refractivity contribution in [2.24, 2.45) is 0 Å². The number of rotatable bonds is 13. The van der Waals surface area contributed by atoms with Gasteiger partial charge in [0.1, 0.15) is 12.6 Å². The predicted molar refractivity (Wildman–Crippen MR) is 171 cm³/mol. The Kier molecular flexibility index (Phi) is 10.9. The highest BCUT2D eigenvalue weighted by atomic mass is 79.9. The highest BCUT2D eigenvalue weighted by molar-refractivity contribution is 9.10. The molecule has 10 nitrogen and oxygen atoms in total. The number of anilines is 1. The van der Waals surface area contributed by atoms with Crippen molar-refractivity contribution >= 4 is 49.1 Å². The highest BCUT2D eigenvalue weighted by Crippen LogP contribution is 2.27. The van der Waals surface area contributed by atoms with Crippen molar-refractivity contribution in [1.29, 1.82) is 0 Å². The van der Waals surface area contributed by atoms with E-state index in [2.05, 4.69) is 21.2 Å². The summed E-state index contributed by atoms with van der Waals surface area (Å²) in [5, 5.41) is 14.1. The van der Waals surface area contributed by atoms with Gasteiger partial charge in [-0.2, -0.15) is 0 Å². The molecule has 44 heavy (non-hydrogen) atoms. The molecule has 4 aromatic carbocycles. The van der Waals surface area contributed by atoms with Gasteiger partial charge in [0.25, 0.3) is 15.7 Å². The molecule has 4 aromatic rings. The smallest absolute Gasteiger partial charge is 0.269 e. The molecule has 0 aliphatic heterocycles. The van der Waals surface area contributed by atoms with Gasteiger partial charge in [-0.25, -0.2) is 8.42 Å². The molecule has 0 aliphatic carbocycles. The van der Waals surface area contributed by atoms with E-state index in [0.717, 1.165) is 19.9 Å². The van der Waals surface area contributed by atoms with Gasteiger partial charge in [-0.1, -0.05) is 76.6 Å². The van der Waals surface area contributed by atoms with Gasteiger partial charge in [0.15, 0.2) is 0 Å². The summed E-state index contributed by atoms with van der Waals surface area (Å²) in [7, 11) is -4.30. The molecule has 0 spiro atoms. The Balaban J connectivity index is 1.79. The lowest BCUT2D eigenvalue weighted by atomic mass is 10.0. The number of nitro groups is 1. The van der Waals surface area contributed by atoms with E-state index in [1.54, 1.807) is 25.1 Å². The summed E-state index contributed by atoms with van der Waals surface area (Å²) in [4.78, 5) is 39.8. The summed E-state index contributed by atoms with van der Waals surface area (Å²) in [6.07, 6.45) is 0.192. The molecule has 1 N–H and O–H groups in total. The molecule has 12 heteroatoms. The summed E-state index contributed by atoms with van der Waals surface area (Å²) in [5.74, 6) is -1.01. The van der Waals surface area contributed by atoms with Crippen molar-refractivity contribution < 1.29 is 22.9 Å². The van der Waals surface area contributed by atoms with Crippen LogP contribution in [0.15, 0.2) is 119 Å². The van der Waals surface area contributed by atoms with Gasteiger partial charge in [0, 0.05) is 36.1 Å². The fourth-order valence-electron chi connectivity index (χ4n) is 4.62. The lowest BCUT2D eigenvalue weighted by molar-refractivity contribution is -0.384. The minimum atomic E-state index is -4.30. The van der Waals surface area contributed by atoms with Crippen LogP contribution in [0.4, 0.5) is 11.4 Å². The maximum atomic E-state index is 14.3. The Morgan fingerprint density at radius 1 is 0.864 bits per heavy atom. The van der Waals surface area contributed by atoms with Crippen molar-refractivity contribution in [2.45, 2.75) is 30.8 Å². The zero-order valence-electron chi connectivity index (χ0n) is 23.9. The third-order valence-electron chi connectivity index (χ3n) is 6.85. The molecular formula is C32H31BrN4O6S. The van der Waals surface area contributed by atoms with E-state index >= 15 is 0 Å². The van der Waals surface area contributed by atoms with Crippen molar-refractivity contribution in [3.05, 3.63) is 135 Å². The largest absolute Gasteiger partial charge is 0.355 e. The molecule has 0 radical (unpaired) electrons. The molecule has 0 aromatic heterocycles. The molecule has 2 amide bonds. The van der Waals surface area contributed by atoms with E-state index in [4.69, 9.17) is 0 Å². The van der Waals surface area contributed by atoms with Gasteiger partial charge < -0.3 is 10.2 Å². The number of non-ortho nitro benzene ring substituents is 1. The van der Waals surface area contributed by atoms with Crippen LogP contribution in [0, 0.1) is 10.1 Å². The number of nitrogens with zero attached hydrogens (tertiary/aromatic N) is 3. The highest BCUT2D eigenvalue weighted by Gasteiger charge is 2.34. The number of likely N-dealkylation sites (N-methyl/N-ethyl adjacent to an activating group) is 1. The average molecular weight is 680 g/mol. The summed E-state index contributed by atoms with van der Waals surface area (Å²) in [6.45, 7) is 1.49. The molecule has 0 bridgehead atoms. The normalized spacial score (nSPS) is 11.8. The fourth-order valence-corrected chi connectivity index (χ4v) is 6.32. The van der Waals surface area contributed by atoms with Crippen LogP contribution >= 0.6 is 15.9 Å². The van der Waals surface area contributed by atoms with Crippen molar-refractivity contribution in [3.8, 4) is 0 Å². The van der Waals surface area contributed by atoms with Gasteiger partial charge in [-0.3, -0.25) is 24.0 Å². The third-order valence-corrected chi connectivity index (χ3v) is 9.16. The number of carbonyl (C=O) groups is 2. The Labute approximate surface area is 264 Å². The van der Waals surface area contributed by atoms with E-state index in [1.807, 2.05) is 54.6 Å². The summed E-state index contributed by atoms with van der Waals surface area (Å²) >= 11 is 3.41. The number of amides is 2. The molecule has 1 unspecified atom stereocenters. The molecular weight excluding hydrogens is 648 g/mol. The lowest BCUT2D eigenvalue weighted by Crippen LogP contribution is -2.53. The van der Waals surface area contributed by atoms with Crippen molar-refractivity contribution in [1.82, 2.24) is 10.2 Å². The molecule has 0 fully saturated rings. The zero-order valence-corrected chi connectivity index (χ0v) is 26.3. The maximum Gasteiger partial charge on any atom is 0.269 e. The standard InChI is InChI=1S/C32H31BrN4O6S/c1-2-34-32(39)30(21-24-9-5-3-6-10-24)35(22-25-13-15-26(33)16-14-25)31(38)23-36(27-17-19-28(20-18-27)37(40)41)44(42,43)29-11-7-4-8-12-29/h3-20,30H,2,21-23H2,1H3,(H,34,39). The average Bonchev–Trinajstić information content (AvgIpc) is 3.03. The first kappa shape index (κ1) is 32.4. The van der Waals surface area contributed by atoms with Gasteiger partial charge >= 0.3 is 0 Å². The number of nitro benzene ring substituents is 1. The van der Waals surface area contributed by atoms with Gasteiger partial charge in [-0.15, -0.1) is 0 Å². The predicted octanol–water partition coefficient (Wildman–Crippen LogP) is 5.33. The number of halogens is 1. The topological polar surface area (TPSA) is 130 Å². The quantitative estimate of drug-likeness (QED) is 0.150. The number of carbonyl (C=O) groups excluding carboxylic acids is 2. The SMILES string of the molecule is CCNC(=O)C(Cc1ccccc1)N(Cc1ccc(Br)cc1)C(=O)CN(c1ccc([N+](=O)[O-])cc1)S(=O)(=O)c1ccccc1. The van der Waals surface area contributed by atoms with Crippen LogP contribution in [-0.2, 0) is 32.6 Å². The van der Waals surface area contributed by atoms with Crippen LogP contribution in [0.2, 0.25) is 0 Å². The minimum Gasteiger partial charge on any atom is -0.355 e. The molecule has 0 aliphatic rings.